The number of carbonyl (C=O) groups excluding carboxylic acids is 1. The number of hydrazone groups is 1. The van der Waals surface area contributed by atoms with Crippen LogP contribution < -0.4 is 5.32 Å². The maximum atomic E-state index is 13.1. The smallest absolute Gasteiger partial charge is 0.324 e. The van der Waals surface area contributed by atoms with Gasteiger partial charge in [0.05, 0.1) is 21.9 Å². The minimum atomic E-state index is -4.60. The molecule has 3 rings (SSSR count). The highest BCUT2D eigenvalue weighted by atomic mass is 35.5. The maximum Gasteiger partial charge on any atom is 0.417 e. The highest BCUT2D eigenvalue weighted by Gasteiger charge is 2.41. The number of carbonyl (C=O) groups is 1. The Morgan fingerprint density at radius 3 is 2.26 bits per heavy atom. The molecule has 35 heavy (non-hydrogen) atoms. The Labute approximate surface area is 203 Å². The summed E-state index contributed by atoms with van der Waals surface area (Å²) in [6, 6.07) is 7.40. The van der Waals surface area contributed by atoms with Gasteiger partial charge in [0.15, 0.2) is 0 Å². The zero-order chi connectivity index (χ0) is 26.2. The van der Waals surface area contributed by atoms with Gasteiger partial charge in [-0.3, -0.25) is 9.80 Å². The molecule has 1 aliphatic rings. The lowest BCUT2D eigenvalue weighted by molar-refractivity contribution is -0.138. The number of halogens is 7. The second-order valence-electron chi connectivity index (χ2n) is 8.78. The molecule has 188 valence electrons. The number of rotatable bonds is 6. The molecule has 1 atom stereocenters. The number of nitrogens with one attached hydrogen (secondary N) is 1. The number of allylic oxidation sites excluding steroid dienone is 1. The Hall–Kier alpha value is -3.01. The second-order valence-corrected chi connectivity index (χ2v) is 9.19. The van der Waals surface area contributed by atoms with Gasteiger partial charge in [-0.15, -0.1) is 6.58 Å². The van der Waals surface area contributed by atoms with E-state index in [1.165, 1.54) is 17.1 Å². The standard InChI is InChI=1S/C24H22ClF6N3O/c1-14(2)11-22(3)13-34(12-20(35)32-17-7-5-16(6-8-17)23(26,27)28)33-21(22)15-4-9-18(19(25)10-15)24(29,30)31/h4-10H,1,11-13H2,2-3H3,(H,32,35). The predicted molar refractivity (Wildman–Crippen MR) is 122 cm³/mol. The van der Waals surface area contributed by atoms with Gasteiger partial charge in [-0.1, -0.05) is 30.2 Å². The molecule has 1 heterocycles. The van der Waals surface area contributed by atoms with E-state index in [1.807, 2.05) is 13.8 Å². The van der Waals surface area contributed by atoms with Gasteiger partial charge in [0.2, 0.25) is 5.91 Å². The summed E-state index contributed by atoms with van der Waals surface area (Å²) in [6.07, 6.45) is -8.63. The van der Waals surface area contributed by atoms with E-state index in [1.54, 1.807) is 0 Å². The Bertz CT molecular complexity index is 1160. The highest BCUT2D eigenvalue weighted by Crippen LogP contribution is 2.40. The Morgan fingerprint density at radius 2 is 1.74 bits per heavy atom. The van der Waals surface area contributed by atoms with Crippen molar-refractivity contribution >= 4 is 28.9 Å². The van der Waals surface area contributed by atoms with Crippen LogP contribution in [0, 0.1) is 5.41 Å². The number of nitrogens with zero attached hydrogens (tertiary/aromatic N) is 2. The van der Waals surface area contributed by atoms with Gasteiger partial charge in [-0.05, 0) is 55.3 Å². The van der Waals surface area contributed by atoms with Crippen molar-refractivity contribution in [3.05, 3.63) is 76.3 Å². The van der Waals surface area contributed by atoms with Crippen molar-refractivity contribution in [1.82, 2.24) is 5.01 Å². The molecular formula is C24H22ClF6N3O. The molecule has 1 N–H and O–H groups in total. The summed E-state index contributed by atoms with van der Waals surface area (Å²) in [7, 11) is 0. The van der Waals surface area contributed by atoms with Gasteiger partial charge < -0.3 is 5.32 Å². The Kier molecular flexibility index (Phi) is 7.26. The maximum absolute atomic E-state index is 13.1. The first-order chi connectivity index (χ1) is 16.1. The number of amides is 1. The van der Waals surface area contributed by atoms with Crippen LogP contribution in [0.5, 0.6) is 0 Å². The number of benzene rings is 2. The lowest BCUT2D eigenvalue weighted by Gasteiger charge is -2.27. The van der Waals surface area contributed by atoms with E-state index < -0.39 is 39.8 Å². The molecule has 0 saturated heterocycles. The predicted octanol–water partition coefficient (Wildman–Crippen LogP) is 7.01. The second kappa shape index (κ2) is 9.56. The summed E-state index contributed by atoms with van der Waals surface area (Å²) in [5.74, 6) is -0.516. The molecule has 2 aromatic rings. The van der Waals surface area contributed by atoms with Gasteiger partial charge >= 0.3 is 12.4 Å². The summed E-state index contributed by atoms with van der Waals surface area (Å²) >= 11 is 5.90. The van der Waals surface area contributed by atoms with Gasteiger partial charge in [-0.25, -0.2) is 0 Å². The van der Waals surface area contributed by atoms with Crippen molar-refractivity contribution in [3.8, 4) is 0 Å². The molecule has 2 aromatic carbocycles. The van der Waals surface area contributed by atoms with Gasteiger partial charge in [0.1, 0.15) is 6.54 Å². The molecule has 0 bridgehead atoms. The number of hydrogen-bond acceptors (Lipinski definition) is 3. The Balaban J connectivity index is 1.81. The number of anilines is 1. The van der Waals surface area contributed by atoms with Crippen LogP contribution in [0.1, 0.15) is 37.0 Å². The third kappa shape index (κ3) is 6.36. The molecular weight excluding hydrogens is 496 g/mol. The zero-order valence-electron chi connectivity index (χ0n) is 18.8. The van der Waals surface area contributed by atoms with Crippen molar-refractivity contribution in [3.63, 3.8) is 0 Å². The van der Waals surface area contributed by atoms with E-state index in [-0.39, 0.29) is 18.8 Å². The zero-order valence-corrected chi connectivity index (χ0v) is 19.6. The summed E-state index contributed by atoms with van der Waals surface area (Å²) in [5.41, 5.74) is -0.620. The minimum Gasteiger partial charge on any atom is -0.324 e. The van der Waals surface area contributed by atoms with Crippen molar-refractivity contribution in [2.45, 2.75) is 32.6 Å². The van der Waals surface area contributed by atoms with E-state index in [0.29, 0.717) is 17.7 Å². The molecule has 4 nitrogen and oxygen atoms in total. The van der Waals surface area contributed by atoms with Crippen LogP contribution in [-0.2, 0) is 17.1 Å². The first kappa shape index (κ1) is 26.6. The lowest BCUT2D eigenvalue weighted by atomic mass is 9.77. The van der Waals surface area contributed by atoms with Crippen LogP contribution in [0.2, 0.25) is 5.02 Å². The van der Waals surface area contributed by atoms with E-state index in [2.05, 4.69) is 17.0 Å². The van der Waals surface area contributed by atoms with E-state index >= 15 is 0 Å². The first-order valence-electron chi connectivity index (χ1n) is 10.4. The molecule has 0 fully saturated rings. The van der Waals surface area contributed by atoms with Crippen LogP contribution in [-0.4, -0.2) is 29.7 Å². The van der Waals surface area contributed by atoms with Crippen molar-refractivity contribution in [1.29, 1.82) is 0 Å². The normalized spacial score (nSPS) is 18.4. The van der Waals surface area contributed by atoms with Crippen LogP contribution in [0.3, 0.4) is 0 Å². The molecule has 0 saturated carbocycles. The third-order valence-electron chi connectivity index (χ3n) is 5.41. The highest BCUT2D eigenvalue weighted by molar-refractivity contribution is 6.32. The van der Waals surface area contributed by atoms with Crippen molar-refractivity contribution < 1.29 is 31.1 Å². The van der Waals surface area contributed by atoms with Crippen LogP contribution in [0.25, 0.3) is 0 Å². The summed E-state index contributed by atoms with van der Waals surface area (Å²) in [4.78, 5) is 12.5. The molecule has 0 radical (unpaired) electrons. The topological polar surface area (TPSA) is 44.7 Å². The fraction of sp³-hybridized carbons (Fsp3) is 0.333. The summed E-state index contributed by atoms with van der Waals surface area (Å²) in [6.45, 7) is 7.64. The summed E-state index contributed by atoms with van der Waals surface area (Å²) < 4.78 is 77.5. The molecule has 0 aliphatic carbocycles. The average molecular weight is 518 g/mol. The number of hydrogen-bond donors (Lipinski definition) is 1. The minimum absolute atomic E-state index is 0.186. The van der Waals surface area contributed by atoms with Gasteiger partial charge in [-0.2, -0.15) is 31.4 Å². The molecule has 1 unspecified atom stereocenters. The third-order valence-corrected chi connectivity index (χ3v) is 5.72. The van der Waals surface area contributed by atoms with Crippen molar-refractivity contribution in [2.75, 3.05) is 18.4 Å². The van der Waals surface area contributed by atoms with Gasteiger partial charge in [0.25, 0.3) is 0 Å². The molecule has 1 amide bonds. The molecule has 1 aliphatic heterocycles. The average Bonchev–Trinajstić information content (AvgIpc) is 3.01. The van der Waals surface area contributed by atoms with Crippen LogP contribution in [0.15, 0.2) is 59.7 Å². The Morgan fingerprint density at radius 1 is 1.11 bits per heavy atom. The van der Waals surface area contributed by atoms with E-state index in [0.717, 1.165) is 35.9 Å². The fourth-order valence-corrected chi connectivity index (χ4v) is 4.37. The van der Waals surface area contributed by atoms with E-state index in [4.69, 9.17) is 11.6 Å². The molecule has 0 spiro atoms. The lowest BCUT2D eigenvalue weighted by Crippen LogP contribution is -2.35. The van der Waals surface area contributed by atoms with E-state index in [9.17, 15) is 31.1 Å². The van der Waals surface area contributed by atoms with Crippen molar-refractivity contribution in [2.24, 2.45) is 10.5 Å². The van der Waals surface area contributed by atoms with Gasteiger partial charge in [0, 0.05) is 17.6 Å². The largest absolute Gasteiger partial charge is 0.417 e. The summed E-state index contributed by atoms with van der Waals surface area (Å²) in [5, 5.41) is 8.00. The van der Waals surface area contributed by atoms with Crippen LogP contribution in [0.4, 0.5) is 32.0 Å². The molecule has 11 heteroatoms. The quantitative estimate of drug-likeness (QED) is 0.331. The fourth-order valence-electron chi connectivity index (χ4n) is 4.08. The number of alkyl halides is 6. The van der Waals surface area contributed by atoms with Crippen LogP contribution >= 0.6 is 11.6 Å². The SMILES string of the molecule is C=C(C)CC1(C)CN(CC(=O)Nc2ccc(C(F)(F)F)cc2)N=C1c1ccc(C(F)(F)F)c(Cl)c1. The first-order valence-corrected chi connectivity index (χ1v) is 10.8. The monoisotopic (exact) mass is 517 g/mol. The molecule has 0 aromatic heterocycles.